The lowest BCUT2D eigenvalue weighted by Gasteiger charge is -2.27. The summed E-state index contributed by atoms with van der Waals surface area (Å²) in [4.78, 5) is 14.3. The highest BCUT2D eigenvalue weighted by molar-refractivity contribution is 5.85. The normalized spacial score (nSPS) is 11.1. The van der Waals surface area contributed by atoms with Crippen LogP contribution in [0.4, 0.5) is 14.9 Å². The van der Waals surface area contributed by atoms with Crippen molar-refractivity contribution in [1.82, 2.24) is 15.0 Å². The third kappa shape index (κ3) is 5.99. The average Bonchev–Trinajstić information content (AvgIpc) is 3.10. The van der Waals surface area contributed by atoms with E-state index in [1.54, 1.807) is 12.3 Å². The predicted octanol–water partition coefficient (Wildman–Crippen LogP) is 5.92. The van der Waals surface area contributed by atoms with E-state index < -0.39 is 6.09 Å². The minimum atomic E-state index is -0.951. The molecule has 0 saturated carbocycles. The number of fused-ring (bicyclic) bond motifs is 1. The number of anilines is 1. The number of carboxylic acid groups (broad SMARTS) is 1. The molecule has 0 aliphatic rings. The first kappa shape index (κ1) is 23.6. The van der Waals surface area contributed by atoms with E-state index >= 15 is 0 Å². The average molecular weight is 441 g/mol. The molecule has 0 spiro atoms. The number of aryl methyl sites for hydroxylation is 2. The van der Waals surface area contributed by atoms with Gasteiger partial charge in [-0.1, -0.05) is 32.3 Å². The van der Waals surface area contributed by atoms with Crippen LogP contribution in [0.2, 0.25) is 0 Å². The number of carbonyl (C=O) groups is 1. The second kappa shape index (κ2) is 11.5. The van der Waals surface area contributed by atoms with Gasteiger partial charge in [0, 0.05) is 30.9 Å². The molecule has 32 heavy (non-hydrogen) atoms. The van der Waals surface area contributed by atoms with E-state index in [1.165, 1.54) is 22.7 Å². The summed E-state index contributed by atoms with van der Waals surface area (Å²) in [6, 6.07) is 8.28. The third-order valence-corrected chi connectivity index (χ3v) is 5.69. The SMILES string of the molecule is CCCN(c1ccncc1F)n1cc(C)c2cc(CCCCCCCNC(=O)O)ccc21. The van der Waals surface area contributed by atoms with Crippen LogP contribution in [-0.2, 0) is 6.42 Å². The molecule has 0 saturated heterocycles. The van der Waals surface area contributed by atoms with Crippen molar-refractivity contribution >= 4 is 22.7 Å². The van der Waals surface area contributed by atoms with Crippen LogP contribution in [0.5, 0.6) is 0 Å². The minimum absolute atomic E-state index is 0.323. The summed E-state index contributed by atoms with van der Waals surface area (Å²) in [5.41, 5.74) is 4.08. The Bertz CT molecular complexity index is 1030. The first-order chi connectivity index (χ1) is 15.5. The van der Waals surface area contributed by atoms with Crippen molar-refractivity contribution in [2.75, 3.05) is 18.1 Å². The zero-order chi connectivity index (χ0) is 22.9. The lowest BCUT2D eigenvalue weighted by atomic mass is 10.0. The van der Waals surface area contributed by atoms with Crippen molar-refractivity contribution in [3.8, 4) is 0 Å². The summed E-state index contributed by atoms with van der Waals surface area (Å²) in [5, 5.41) is 14.1. The molecule has 7 heteroatoms. The minimum Gasteiger partial charge on any atom is -0.465 e. The summed E-state index contributed by atoms with van der Waals surface area (Å²) < 4.78 is 16.5. The van der Waals surface area contributed by atoms with Crippen molar-refractivity contribution in [2.45, 2.75) is 58.8 Å². The van der Waals surface area contributed by atoms with E-state index in [2.05, 4.69) is 53.2 Å². The molecule has 0 fully saturated rings. The number of pyridine rings is 1. The van der Waals surface area contributed by atoms with Gasteiger partial charge in [-0.25, -0.2) is 9.18 Å². The zero-order valence-corrected chi connectivity index (χ0v) is 19.0. The first-order valence-corrected chi connectivity index (χ1v) is 11.5. The standard InChI is InChI=1S/C25H33FN4O2/c1-3-15-29(24-12-14-27-17-22(24)26)30-18-19(2)21-16-20(10-11-23(21)30)9-7-5-4-6-8-13-28-25(31)32/h10-12,14,16-18,28H,3-9,13,15H2,1-2H3,(H,31,32). The number of amides is 1. The van der Waals surface area contributed by atoms with Crippen molar-refractivity contribution < 1.29 is 14.3 Å². The van der Waals surface area contributed by atoms with Gasteiger partial charge < -0.3 is 10.4 Å². The number of hydrogen-bond acceptors (Lipinski definition) is 3. The summed E-state index contributed by atoms with van der Waals surface area (Å²) in [6.45, 7) is 5.42. The van der Waals surface area contributed by atoms with Crippen molar-refractivity contribution in [1.29, 1.82) is 0 Å². The maximum Gasteiger partial charge on any atom is 0.404 e. The Morgan fingerprint density at radius 3 is 2.72 bits per heavy atom. The summed E-state index contributed by atoms with van der Waals surface area (Å²) in [7, 11) is 0. The van der Waals surface area contributed by atoms with Crippen LogP contribution in [-0.4, -0.2) is 33.9 Å². The fourth-order valence-corrected chi connectivity index (χ4v) is 4.09. The van der Waals surface area contributed by atoms with Gasteiger partial charge in [0.05, 0.1) is 17.4 Å². The molecule has 3 aromatic rings. The van der Waals surface area contributed by atoms with Crippen LogP contribution in [0.1, 0.15) is 56.6 Å². The Hall–Kier alpha value is -3.09. The van der Waals surface area contributed by atoms with Crippen LogP contribution in [0.25, 0.3) is 10.9 Å². The number of nitrogens with zero attached hydrogens (tertiary/aromatic N) is 3. The molecule has 0 radical (unpaired) electrons. The quantitative estimate of drug-likeness (QED) is 0.343. The molecule has 1 aromatic carbocycles. The van der Waals surface area contributed by atoms with Gasteiger partial charge >= 0.3 is 6.09 Å². The molecule has 2 aromatic heterocycles. The van der Waals surface area contributed by atoms with Crippen LogP contribution >= 0.6 is 0 Å². The molecule has 6 nitrogen and oxygen atoms in total. The largest absolute Gasteiger partial charge is 0.465 e. The van der Waals surface area contributed by atoms with E-state index in [9.17, 15) is 9.18 Å². The van der Waals surface area contributed by atoms with Crippen molar-refractivity contribution in [3.63, 3.8) is 0 Å². The molecule has 3 rings (SSSR count). The van der Waals surface area contributed by atoms with Gasteiger partial charge in [0.1, 0.15) is 0 Å². The highest BCUT2D eigenvalue weighted by Gasteiger charge is 2.16. The van der Waals surface area contributed by atoms with Gasteiger partial charge in [-0.3, -0.25) is 14.7 Å². The summed E-state index contributed by atoms with van der Waals surface area (Å²) >= 11 is 0. The number of benzene rings is 1. The van der Waals surface area contributed by atoms with E-state index in [-0.39, 0.29) is 5.82 Å². The molecule has 0 unspecified atom stereocenters. The van der Waals surface area contributed by atoms with E-state index in [0.29, 0.717) is 18.8 Å². The molecule has 0 atom stereocenters. The Kier molecular flexibility index (Phi) is 8.48. The van der Waals surface area contributed by atoms with Crippen LogP contribution in [0.3, 0.4) is 0 Å². The van der Waals surface area contributed by atoms with Crippen LogP contribution in [0, 0.1) is 12.7 Å². The van der Waals surface area contributed by atoms with Crippen molar-refractivity contribution in [2.24, 2.45) is 0 Å². The fraction of sp³-hybridized carbons (Fsp3) is 0.440. The molecule has 1 amide bonds. The van der Waals surface area contributed by atoms with Gasteiger partial charge in [-0.05, 0) is 61.9 Å². The van der Waals surface area contributed by atoms with Crippen LogP contribution in [0.15, 0.2) is 42.9 Å². The zero-order valence-electron chi connectivity index (χ0n) is 19.0. The van der Waals surface area contributed by atoms with Gasteiger partial charge in [0.25, 0.3) is 0 Å². The Balaban J connectivity index is 1.65. The van der Waals surface area contributed by atoms with E-state index in [4.69, 9.17) is 5.11 Å². The Morgan fingerprint density at radius 1 is 1.19 bits per heavy atom. The molecule has 172 valence electrons. The van der Waals surface area contributed by atoms with Crippen LogP contribution < -0.4 is 10.3 Å². The molecular formula is C25H33FN4O2. The van der Waals surface area contributed by atoms with Gasteiger partial charge in [0.2, 0.25) is 0 Å². The smallest absolute Gasteiger partial charge is 0.404 e. The number of rotatable bonds is 12. The molecule has 0 aliphatic heterocycles. The topological polar surface area (TPSA) is 70.4 Å². The lowest BCUT2D eigenvalue weighted by Crippen LogP contribution is -2.30. The second-order valence-electron chi connectivity index (χ2n) is 8.21. The fourth-order valence-electron chi connectivity index (χ4n) is 4.09. The monoisotopic (exact) mass is 440 g/mol. The third-order valence-electron chi connectivity index (χ3n) is 5.69. The molecular weight excluding hydrogens is 407 g/mol. The highest BCUT2D eigenvalue weighted by atomic mass is 19.1. The lowest BCUT2D eigenvalue weighted by molar-refractivity contribution is 0.194. The molecule has 0 aliphatic carbocycles. The Labute approximate surface area is 189 Å². The van der Waals surface area contributed by atoms with Gasteiger partial charge in [-0.2, -0.15) is 0 Å². The summed E-state index contributed by atoms with van der Waals surface area (Å²) in [6.07, 6.45) is 11.2. The summed E-state index contributed by atoms with van der Waals surface area (Å²) in [5.74, 6) is -0.323. The molecule has 0 bridgehead atoms. The Morgan fingerprint density at radius 2 is 1.97 bits per heavy atom. The maximum atomic E-state index is 14.5. The molecule has 2 N–H and O–H groups in total. The number of halogens is 1. The first-order valence-electron chi connectivity index (χ1n) is 11.5. The predicted molar refractivity (Wildman–Crippen MR) is 127 cm³/mol. The van der Waals surface area contributed by atoms with Gasteiger partial charge in [0.15, 0.2) is 5.82 Å². The maximum absolute atomic E-state index is 14.5. The number of unbranched alkanes of at least 4 members (excludes halogenated alkanes) is 4. The number of aromatic nitrogens is 2. The van der Waals surface area contributed by atoms with Gasteiger partial charge in [-0.15, -0.1) is 0 Å². The van der Waals surface area contributed by atoms with E-state index in [1.807, 2.05) is 5.01 Å². The second-order valence-corrected chi connectivity index (χ2v) is 8.21. The number of hydrogen-bond donors (Lipinski definition) is 2. The van der Waals surface area contributed by atoms with Crippen molar-refractivity contribution in [3.05, 3.63) is 59.8 Å². The number of nitrogens with one attached hydrogen (secondary N) is 1. The van der Waals surface area contributed by atoms with E-state index in [0.717, 1.165) is 50.5 Å². The highest BCUT2D eigenvalue weighted by Crippen LogP contribution is 2.27. The molecule has 2 heterocycles.